The summed E-state index contributed by atoms with van der Waals surface area (Å²) in [6.45, 7) is 2.38. The Morgan fingerprint density at radius 3 is 2.71 bits per heavy atom. The summed E-state index contributed by atoms with van der Waals surface area (Å²) in [7, 11) is 0. The first-order valence-electron chi connectivity index (χ1n) is 8.33. The number of nitrogens with zero attached hydrogens (tertiary/aromatic N) is 3. The molecular formula is C19H20BrN3O. The summed E-state index contributed by atoms with van der Waals surface area (Å²) in [6, 6.07) is 16.6. The van der Waals surface area contributed by atoms with E-state index in [2.05, 4.69) is 67.9 Å². The number of para-hydroxylation sites is 2. The minimum atomic E-state index is -0.264. The van der Waals surface area contributed by atoms with Crippen molar-refractivity contribution in [3.05, 3.63) is 58.6 Å². The van der Waals surface area contributed by atoms with Gasteiger partial charge in [0.2, 0.25) is 5.95 Å². The van der Waals surface area contributed by atoms with Crippen LogP contribution in [0.4, 0.5) is 5.95 Å². The third-order valence-corrected chi connectivity index (χ3v) is 5.10. The number of β-amino-alcohol motifs (C(OH)–C–C–N with tert-alkyl or cyclic N) is 1. The Morgan fingerprint density at radius 1 is 1.12 bits per heavy atom. The minimum Gasteiger partial charge on any atom is -0.391 e. The van der Waals surface area contributed by atoms with E-state index in [4.69, 9.17) is 4.98 Å². The zero-order valence-corrected chi connectivity index (χ0v) is 15.0. The minimum absolute atomic E-state index is 0.264. The third kappa shape index (κ3) is 3.06. The van der Waals surface area contributed by atoms with Crippen molar-refractivity contribution >= 4 is 32.9 Å². The number of hydrogen-bond acceptors (Lipinski definition) is 3. The molecule has 1 N–H and O–H groups in total. The van der Waals surface area contributed by atoms with Gasteiger partial charge < -0.3 is 14.6 Å². The highest BCUT2D eigenvalue weighted by Gasteiger charge is 2.23. The Balaban J connectivity index is 1.76. The van der Waals surface area contributed by atoms with Crippen molar-refractivity contribution in [2.75, 3.05) is 18.0 Å². The van der Waals surface area contributed by atoms with Crippen LogP contribution < -0.4 is 4.90 Å². The van der Waals surface area contributed by atoms with Crippen molar-refractivity contribution < 1.29 is 5.11 Å². The van der Waals surface area contributed by atoms with Crippen molar-refractivity contribution in [3.63, 3.8) is 0 Å². The van der Waals surface area contributed by atoms with Gasteiger partial charge in [-0.2, -0.15) is 0 Å². The normalized spacial score (nSPS) is 18.2. The van der Waals surface area contributed by atoms with E-state index in [0.29, 0.717) is 6.54 Å². The van der Waals surface area contributed by atoms with Gasteiger partial charge in [-0.15, -0.1) is 0 Å². The van der Waals surface area contributed by atoms with Crippen molar-refractivity contribution in [1.29, 1.82) is 0 Å². The maximum Gasteiger partial charge on any atom is 0.206 e. The number of fused-ring (bicyclic) bond motifs is 1. The van der Waals surface area contributed by atoms with Gasteiger partial charge in [0, 0.05) is 17.6 Å². The van der Waals surface area contributed by atoms with E-state index in [0.717, 1.165) is 47.4 Å². The maximum absolute atomic E-state index is 10.0. The lowest BCUT2D eigenvalue weighted by Crippen LogP contribution is -2.39. The van der Waals surface area contributed by atoms with E-state index < -0.39 is 0 Å². The fourth-order valence-corrected chi connectivity index (χ4v) is 3.63. The Morgan fingerprint density at radius 2 is 1.92 bits per heavy atom. The first-order valence-corrected chi connectivity index (χ1v) is 9.13. The molecule has 0 amide bonds. The maximum atomic E-state index is 10.0. The molecule has 0 unspecified atom stereocenters. The van der Waals surface area contributed by atoms with Crippen LogP contribution in [0.3, 0.4) is 0 Å². The molecule has 1 atom stereocenters. The zero-order chi connectivity index (χ0) is 16.5. The summed E-state index contributed by atoms with van der Waals surface area (Å²) < 4.78 is 3.34. The van der Waals surface area contributed by atoms with Gasteiger partial charge in [-0.05, 0) is 42.7 Å². The molecule has 1 aromatic heterocycles. The predicted molar refractivity (Wildman–Crippen MR) is 100 cm³/mol. The molecule has 5 heteroatoms. The molecule has 4 rings (SSSR count). The Labute approximate surface area is 149 Å². The molecule has 0 saturated carbocycles. The summed E-state index contributed by atoms with van der Waals surface area (Å²) in [5, 5.41) is 10.0. The second-order valence-corrected chi connectivity index (χ2v) is 7.27. The predicted octanol–water partition coefficient (Wildman–Crippen LogP) is 3.81. The summed E-state index contributed by atoms with van der Waals surface area (Å²) in [5.41, 5.74) is 3.38. The van der Waals surface area contributed by atoms with E-state index in [1.54, 1.807) is 0 Å². The SMILES string of the molecule is O[C@H]1CCCN(c2nc3ccccc3n2Cc2ccc(Br)cc2)C1. The molecular weight excluding hydrogens is 366 g/mol. The molecule has 2 heterocycles. The monoisotopic (exact) mass is 385 g/mol. The standard InChI is InChI=1S/C19H20BrN3O/c20-15-9-7-14(8-10-15)12-23-18-6-2-1-5-17(18)21-19(23)22-11-3-4-16(24)13-22/h1-2,5-10,16,24H,3-4,11-13H2/t16-/m0/s1. The zero-order valence-electron chi connectivity index (χ0n) is 13.4. The van der Waals surface area contributed by atoms with Crippen LogP contribution in [-0.4, -0.2) is 33.9 Å². The smallest absolute Gasteiger partial charge is 0.206 e. The van der Waals surface area contributed by atoms with Crippen LogP contribution >= 0.6 is 15.9 Å². The largest absolute Gasteiger partial charge is 0.391 e. The van der Waals surface area contributed by atoms with Gasteiger partial charge in [0.15, 0.2) is 0 Å². The van der Waals surface area contributed by atoms with E-state index in [9.17, 15) is 5.11 Å². The molecule has 1 fully saturated rings. The number of aromatic nitrogens is 2. The fraction of sp³-hybridized carbons (Fsp3) is 0.316. The Kier molecular flexibility index (Phi) is 4.29. The first-order chi connectivity index (χ1) is 11.7. The average molecular weight is 386 g/mol. The van der Waals surface area contributed by atoms with Crippen LogP contribution in [-0.2, 0) is 6.54 Å². The van der Waals surface area contributed by atoms with Gasteiger partial charge in [-0.1, -0.05) is 40.2 Å². The Hall–Kier alpha value is -1.85. The molecule has 0 aliphatic carbocycles. The van der Waals surface area contributed by atoms with Crippen LogP contribution in [0.15, 0.2) is 53.0 Å². The molecule has 2 aromatic carbocycles. The van der Waals surface area contributed by atoms with Crippen molar-refractivity contribution in [1.82, 2.24) is 9.55 Å². The highest BCUT2D eigenvalue weighted by atomic mass is 79.9. The van der Waals surface area contributed by atoms with Gasteiger partial charge in [0.25, 0.3) is 0 Å². The number of piperidine rings is 1. The molecule has 1 aliphatic rings. The first kappa shape index (κ1) is 15.7. The average Bonchev–Trinajstić information content (AvgIpc) is 2.96. The molecule has 0 bridgehead atoms. The van der Waals surface area contributed by atoms with E-state index >= 15 is 0 Å². The number of imidazole rings is 1. The quantitative estimate of drug-likeness (QED) is 0.745. The molecule has 1 aliphatic heterocycles. The number of aliphatic hydroxyl groups excluding tert-OH is 1. The van der Waals surface area contributed by atoms with Gasteiger partial charge in [-0.25, -0.2) is 4.98 Å². The lowest BCUT2D eigenvalue weighted by Gasteiger charge is -2.31. The van der Waals surface area contributed by atoms with Crippen LogP contribution in [0.25, 0.3) is 11.0 Å². The van der Waals surface area contributed by atoms with E-state index in [1.807, 2.05) is 6.07 Å². The van der Waals surface area contributed by atoms with Gasteiger partial charge in [0.05, 0.1) is 23.7 Å². The molecule has 24 heavy (non-hydrogen) atoms. The molecule has 1 saturated heterocycles. The van der Waals surface area contributed by atoms with Crippen LogP contribution in [0.2, 0.25) is 0 Å². The molecule has 4 nitrogen and oxygen atoms in total. The third-order valence-electron chi connectivity index (χ3n) is 4.57. The molecule has 0 radical (unpaired) electrons. The van der Waals surface area contributed by atoms with Gasteiger partial charge in [0.1, 0.15) is 0 Å². The topological polar surface area (TPSA) is 41.3 Å². The number of halogens is 1. The summed E-state index contributed by atoms with van der Waals surface area (Å²) in [6.07, 6.45) is 1.62. The van der Waals surface area contributed by atoms with Crippen LogP contribution in [0.5, 0.6) is 0 Å². The molecule has 0 spiro atoms. The summed E-state index contributed by atoms with van der Waals surface area (Å²) in [4.78, 5) is 7.07. The molecule has 124 valence electrons. The van der Waals surface area contributed by atoms with Gasteiger partial charge >= 0.3 is 0 Å². The van der Waals surface area contributed by atoms with Crippen molar-refractivity contribution in [2.24, 2.45) is 0 Å². The highest BCUT2D eigenvalue weighted by Crippen LogP contribution is 2.26. The number of anilines is 1. The number of hydrogen-bond donors (Lipinski definition) is 1. The van der Waals surface area contributed by atoms with E-state index in [-0.39, 0.29) is 6.10 Å². The second-order valence-electron chi connectivity index (χ2n) is 6.36. The van der Waals surface area contributed by atoms with Crippen molar-refractivity contribution in [2.45, 2.75) is 25.5 Å². The fourth-order valence-electron chi connectivity index (χ4n) is 3.37. The number of benzene rings is 2. The number of aliphatic hydroxyl groups is 1. The lowest BCUT2D eigenvalue weighted by molar-refractivity contribution is 0.153. The van der Waals surface area contributed by atoms with E-state index in [1.165, 1.54) is 5.56 Å². The highest BCUT2D eigenvalue weighted by molar-refractivity contribution is 9.10. The van der Waals surface area contributed by atoms with Crippen molar-refractivity contribution in [3.8, 4) is 0 Å². The lowest BCUT2D eigenvalue weighted by atomic mass is 10.1. The van der Waals surface area contributed by atoms with Gasteiger partial charge in [-0.3, -0.25) is 0 Å². The molecule has 3 aromatic rings. The number of rotatable bonds is 3. The second kappa shape index (κ2) is 6.57. The Bertz CT molecular complexity index is 843. The van der Waals surface area contributed by atoms with Crippen LogP contribution in [0, 0.1) is 0 Å². The summed E-state index contributed by atoms with van der Waals surface area (Å²) in [5.74, 6) is 0.956. The summed E-state index contributed by atoms with van der Waals surface area (Å²) >= 11 is 3.49. The van der Waals surface area contributed by atoms with Crippen LogP contribution in [0.1, 0.15) is 18.4 Å².